The number of hydrogen-bond acceptors (Lipinski definition) is 2. The van der Waals surface area contributed by atoms with Crippen LogP contribution in [0.15, 0.2) is 60.7 Å². The van der Waals surface area contributed by atoms with Gasteiger partial charge in [-0.25, -0.2) is 0 Å². The zero-order valence-electron chi connectivity index (χ0n) is 14.9. The number of halogens is 2. The standard InChI is InChI=1S/C23H19Cl2NO/c1-27-20-10-9-13-5-2-3-6-15(13)22(20)23-17-8-4-7-16(17)21-18(25)11-14(24)12-19(21)26-23/h2-7,9-12,16-17,23,26H,8H2,1H3. The number of nitrogens with one attached hydrogen (secondary N) is 1. The van der Waals surface area contributed by atoms with Crippen LogP contribution in [0.4, 0.5) is 5.69 Å². The van der Waals surface area contributed by atoms with Gasteiger partial charge in [0.15, 0.2) is 0 Å². The van der Waals surface area contributed by atoms with Gasteiger partial charge in [0.1, 0.15) is 5.75 Å². The van der Waals surface area contributed by atoms with Crippen molar-refractivity contribution in [3.63, 3.8) is 0 Å². The van der Waals surface area contributed by atoms with Crippen LogP contribution in [0, 0.1) is 5.92 Å². The van der Waals surface area contributed by atoms with Gasteiger partial charge in [-0.05, 0) is 41.3 Å². The van der Waals surface area contributed by atoms with Crippen LogP contribution in [0.1, 0.15) is 29.5 Å². The van der Waals surface area contributed by atoms with Gasteiger partial charge in [0, 0.05) is 32.8 Å². The Morgan fingerprint density at radius 1 is 1.04 bits per heavy atom. The van der Waals surface area contributed by atoms with Crippen molar-refractivity contribution < 1.29 is 4.74 Å². The molecule has 0 aromatic heterocycles. The fourth-order valence-electron chi connectivity index (χ4n) is 4.70. The Kier molecular flexibility index (Phi) is 4.07. The number of rotatable bonds is 2. The summed E-state index contributed by atoms with van der Waals surface area (Å²) in [5.41, 5.74) is 3.37. The van der Waals surface area contributed by atoms with E-state index in [0.29, 0.717) is 10.9 Å². The maximum atomic E-state index is 6.58. The number of fused-ring (bicyclic) bond motifs is 4. The van der Waals surface area contributed by atoms with E-state index in [1.807, 2.05) is 12.1 Å². The van der Waals surface area contributed by atoms with E-state index in [1.54, 1.807) is 7.11 Å². The van der Waals surface area contributed by atoms with Gasteiger partial charge in [0.2, 0.25) is 0 Å². The molecule has 0 saturated heterocycles. The molecule has 0 spiro atoms. The van der Waals surface area contributed by atoms with E-state index >= 15 is 0 Å². The molecule has 2 aliphatic rings. The van der Waals surface area contributed by atoms with Crippen molar-refractivity contribution in [3.8, 4) is 5.75 Å². The zero-order valence-corrected chi connectivity index (χ0v) is 16.4. The average molecular weight is 396 g/mol. The van der Waals surface area contributed by atoms with Gasteiger partial charge in [-0.2, -0.15) is 0 Å². The lowest BCUT2D eigenvalue weighted by atomic mass is 9.76. The monoisotopic (exact) mass is 395 g/mol. The summed E-state index contributed by atoms with van der Waals surface area (Å²) in [5.74, 6) is 1.57. The molecule has 4 heteroatoms. The highest BCUT2D eigenvalue weighted by molar-refractivity contribution is 6.35. The minimum atomic E-state index is 0.119. The van der Waals surface area contributed by atoms with Crippen LogP contribution in [0.5, 0.6) is 5.75 Å². The molecule has 3 aromatic carbocycles. The maximum absolute atomic E-state index is 6.58. The van der Waals surface area contributed by atoms with Gasteiger partial charge in [0.05, 0.1) is 13.2 Å². The van der Waals surface area contributed by atoms with Crippen LogP contribution >= 0.6 is 23.2 Å². The summed E-state index contributed by atoms with van der Waals surface area (Å²) in [6.07, 6.45) is 5.56. The third kappa shape index (κ3) is 2.62. The highest BCUT2D eigenvalue weighted by Crippen LogP contribution is 2.54. The van der Waals surface area contributed by atoms with E-state index in [4.69, 9.17) is 27.9 Å². The first kappa shape index (κ1) is 17.0. The highest BCUT2D eigenvalue weighted by Gasteiger charge is 2.40. The van der Waals surface area contributed by atoms with E-state index in [1.165, 1.54) is 16.3 Å². The average Bonchev–Trinajstić information content (AvgIpc) is 3.15. The molecule has 1 heterocycles. The van der Waals surface area contributed by atoms with E-state index in [-0.39, 0.29) is 12.0 Å². The summed E-state index contributed by atoms with van der Waals surface area (Å²) < 4.78 is 5.78. The lowest BCUT2D eigenvalue weighted by Crippen LogP contribution is -2.29. The number of allylic oxidation sites excluding steroid dienone is 2. The molecule has 1 N–H and O–H groups in total. The van der Waals surface area contributed by atoms with Gasteiger partial charge in [-0.1, -0.05) is 65.7 Å². The Morgan fingerprint density at radius 2 is 1.89 bits per heavy atom. The van der Waals surface area contributed by atoms with E-state index in [2.05, 4.69) is 53.9 Å². The topological polar surface area (TPSA) is 21.3 Å². The van der Waals surface area contributed by atoms with Crippen LogP contribution in [0.2, 0.25) is 10.0 Å². The first-order chi connectivity index (χ1) is 13.2. The highest BCUT2D eigenvalue weighted by atomic mass is 35.5. The zero-order chi connectivity index (χ0) is 18.5. The third-order valence-corrected chi connectivity index (χ3v) is 6.37. The Hall–Kier alpha value is -2.16. The summed E-state index contributed by atoms with van der Waals surface area (Å²) >= 11 is 12.9. The van der Waals surface area contributed by atoms with Crippen LogP contribution < -0.4 is 10.1 Å². The normalized spacial score (nSPS) is 23.0. The molecule has 5 rings (SSSR count). The minimum Gasteiger partial charge on any atom is -0.496 e. The third-order valence-electron chi connectivity index (χ3n) is 5.84. The quantitative estimate of drug-likeness (QED) is 0.472. The smallest absolute Gasteiger partial charge is 0.124 e. The fraction of sp³-hybridized carbons (Fsp3) is 0.217. The second-order valence-corrected chi connectivity index (χ2v) is 8.07. The first-order valence-electron chi connectivity index (χ1n) is 9.15. The van der Waals surface area contributed by atoms with Gasteiger partial charge in [-0.15, -0.1) is 0 Å². The molecule has 0 bridgehead atoms. The van der Waals surface area contributed by atoms with Crippen LogP contribution in [0.25, 0.3) is 10.8 Å². The van der Waals surface area contributed by atoms with E-state index < -0.39 is 0 Å². The Bertz CT molecular complexity index is 1080. The molecule has 1 aliphatic heterocycles. The largest absolute Gasteiger partial charge is 0.496 e. The Morgan fingerprint density at radius 3 is 2.74 bits per heavy atom. The number of ether oxygens (including phenoxy) is 1. The molecule has 3 unspecified atom stereocenters. The van der Waals surface area contributed by atoms with Crippen molar-refractivity contribution in [1.29, 1.82) is 0 Å². The van der Waals surface area contributed by atoms with E-state index in [0.717, 1.165) is 28.4 Å². The molecular formula is C23H19Cl2NO. The SMILES string of the molecule is COc1ccc2ccccc2c1C1Nc2cc(Cl)cc(Cl)c2C2C=CCC21. The van der Waals surface area contributed by atoms with Crippen molar-refractivity contribution in [2.24, 2.45) is 5.92 Å². The lowest BCUT2D eigenvalue weighted by Gasteiger charge is -2.39. The first-order valence-corrected chi connectivity index (χ1v) is 9.90. The van der Waals surface area contributed by atoms with Gasteiger partial charge < -0.3 is 10.1 Å². The predicted octanol–water partition coefficient (Wildman–Crippen LogP) is 6.98. The summed E-state index contributed by atoms with van der Waals surface area (Å²) in [7, 11) is 1.74. The van der Waals surface area contributed by atoms with Crippen molar-refractivity contribution in [2.75, 3.05) is 12.4 Å². The molecule has 3 aromatic rings. The molecule has 0 saturated carbocycles. The molecule has 0 fully saturated rings. The lowest BCUT2D eigenvalue weighted by molar-refractivity contribution is 0.383. The van der Waals surface area contributed by atoms with Crippen LogP contribution in [0.3, 0.4) is 0 Å². The van der Waals surface area contributed by atoms with Crippen molar-refractivity contribution in [3.05, 3.63) is 81.9 Å². The van der Waals surface area contributed by atoms with Crippen LogP contribution in [-0.4, -0.2) is 7.11 Å². The molecule has 3 atom stereocenters. The summed E-state index contributed by atoms with van der Waals surface area (Å²) in [5, 5.41) is 7.56. The van der Waals surface area contributed by atoms with Crippen molar-refractivity contribution in [2.45, 2.75) is 18.4 Å². The minimum absolute atomic E-state index is 0.119. The van der Waals surface area contributed by atoms with E-state index in [9.17, 15) is 0 Å². The molecule has 27 heavy (non-hydrogen) atoms. The number of benzene rings is 3. The van der Waals surface area contributed by atoms with Crippen LogP contribution in [-0.2, 0) is 0 Å². The maximum Gasteiger partial charge on any atom is 0.124 e. The fourth-order valence-corrected chi connectivity index (χ4v) is 5.32. The van der Waals surface area contributed by atoms with Crippen molar-refractivity contribution >= 4 is 39.7 Å². The second kappa shape index (κ2) is 6.47. The number of methoxy groups -OCH3 is 1. The molecule has 2 nitrogen and oxygen atoms in total. The Balaban J connectivity index is 1.74. The van der Waals surface area contributed by atoms with Gasteiger partial charge in [0.25, 0.3) is 0 Å². The second-order valence-electron chi connectivity index (χ2n) is 7.23. The predicted molar refractivity (Wildman–Crippen MR) is 113 cm³/mol. The summed E-state index contributed by atoms with van der Waals surface area (Å²) in [6.45, 7) is 0. The number of hydrogen-bond donors (Lipinski definition) is 1. The number of anilines is 1. The molecule has 136 valence electrons. The van der Waals surface area contributed by atoms with Gasteiger partial charge >= 0.3 is 0 Å². The molecule has 1 aliphatic carbocycles. The van der Waals surface area contributed by atoms with Gasteiger partial charge in [-0.3, -0.25) is 0 Å². The molecular weight excluding hydrogens is 377 g/mol. The molecule has 0 amide bonds. The molecule has 0 radical (unpaired) electrons. The summed E-state index contributed by atoms with van der Waals surface area (Å²) in [4.78, 5) is 0. The van der Waals surface area contributed by atoms with Crippen molar-refractivity contribution in [1.82, 2.24) is 0 Å². The summed E-state index contributed by atoms with van der Waals surface area (Å²) in [6, 6.07) is 16.6. The Labute approximate surface area is 168 Å².